The Labute approximate surface area is 649 Å². The first-order chi connectivity index (χ1) is 53.3. The molecule has 4 heterocycles. The van der Waals surface area contributed by atoms with Crippen LogP contribution in [0.4, 0.5) is 0 Å². The molecule has 0 aromatic rings. The molecule has 4 aliphatic heterocycles. The van der Waals surface area contributed by atoms with Crippen LogP contribution in [0.2, 0.25) is 0 Å². The summed E-state index contributed by atoms with van der Waals surface area (Å²) in [6.07, 6.45) is -22.1. The third kappa shape index (κ3) is 37.2. The maximum Gasteiger partial charge on any atom is 0.303 e. The van der Waals surface area contributed by atoms with Crippen molar-refractivity contribution in [3.8, 4) is 0 Å². The molecule has 43 heteroatoms. The van der Waals surface area contributed by atoms with Crippen molar-refractivity contribution in [3.63, 3.8) is 0 Å². The van der Waals surface area contributed by atoms with Crippen molar-refractivity contribution in [2.45, 2.75) is 246 Å². The number of unbranched alkanes of at least 4 members (excludes halogenated alkanes) is 7. The van der Waals surface area contributed by atoms with E-state index in [0.29, 0.717) is 70.9 Å². The van der Waals surface area contributed by atoms with Gasteiger partial charge in [0.05, 0.1) is 103 Å². The molecule has 4 saturated heterocycles. The normalized spacial score (nSPS) is 28.2. The molecule has 1 unspecified atom stereocenters. The smallest absolute Gasteiger partial charge is 0.303 e. The summed E-state index contributed by atoms with van der Waals surface area (Å²) >= 11 is 0. The molecule has 0 aliphatic carbocycles. The molecule has 0 radical (unpaired) electrons. The molecule has 0 aromatic heterocycles. The van der Waals surface area contributed by atoms with Gasteiger partial charge in [0.1, 0.15) is 73.2 Å². The van der Waals surface area contributed by atoms with Crippen molar-refractivity contribution >= 4 is 59.1 Å². The molecule has 0 saturated carbocycles. The lowest BCUT2D eigenvalue weighted by atomic mass is 10.0. The molecule has 0 spiro atoms. The quantitative estimate of drug-likeness (QED) is 0.0251. The predicted molar refractivity (Wildman–Crippen MR) is 387 cm³/mol. The van der Waals surface area contributed by atoms with E-state index in [9.17, 15) is 109 Å². The van der Waals surface area contributed by atoms with Gasteiger partial charge in [0.15, 0.2) is 25.2 Å². The van der Waals surface area contributed by atoms with Gasteiger partial charge in [-0.25, -0.2) is 0 Å². The first kappa shape index (κ1) is 98.1. The first-order valence-corrected chi connectivity index (χ1v) is 38.3. The topological polar surface area (TPSA) is 634 Å². The third-order valence-corrected chi connectivity index (χ3v) is 18.7. The van der Waals surface area contributed by atoms with Crippen LogP contribution in [0.15, 0.2) is 0 Å². The molecule has 0 bridgehead atoms. The summed E-state index contributed by atoms with van der Waals surface area (Å²) in [6.45, 7) is 2.55. The van der Waals surface area contributed by atoms with Gasteiger partial charge in [-0.3, -0.25) is 63.1 Å². The van der Waals surface area contributed by atoms with Gasteiger partial charge in [-0.05, 0) is 91.9 Å². The number of hydrogen-bond donors (Lipinski definition) is 23. The van der Waals surface area contributed by atoms with Gasteiger partial charge < -0.3 is 152 Å². The van der Waals surface area contributed by atoms with E-state index in [2.05, 4.69) is 53.2 Å². The van der Waals surface area contributed by atoms with Gasteiger partial charge in [-0.1, -0.05) is 12.8 Å². The summed E-state index contributed by atoms with van der Waals surface area (Å²) in [5.41, 5.74) is 0. The number of carboxylic acids is 1. The van der Waals surface area contributed by atoms with Gasteiger partial charge in [0.25, 0.3) is 0 Å². The van der Waals surface area contributed by atoms with E-state index in [0.717, 1.165) is 0 Å². The number of nitrogens with one attached hydrogen (secondary N) is 10. The molecular formula is C69H124N12O31. The Balaban J connectivity index is 1.38. The Hall–Kier alpha value is -6.22. The lowest BCUT2D eigenvalue weighted by Crippen LogP contribution is -2.58. The molecule has 43 nitrogen and oxygen atoms in total. The maximum atomic E-state index is 14.4. The second-order valence-corrected chi connectivity index (χ2v) is 28.0. The highest BCUT2D eigenvalue weighted by Gasteiger charge is 2.46. The summed E-state index contributed by atoms with van der Waals surface area (Å²) in [5, 5.41) is 159. The van der Waals surface area contributed by atoms with E-state index < -0.39 is 203 Å². The fourth-order valence-corrected chi connectivity index (χ4v) is 12.0. The second-order valence-electron chi connectivity index (χ2n) is 28.0. The summed E-state index contributed by atoms with van der Waals surface area (Å²) < 4.78 is 44.0. The number of nitrogens with zero attached hydrogens (tertiary/aromatic N) is 2. The Morgan fingerprint density at radius 2 is 0.589 bits per heavy atom. The number of aliphatic carboxylic acids is 1. The lowest BCUT2D eigenvalue weighted by molar-refractivity contribution is -0.292. The predicted octanol–water partition coefficient (Wildman–Crippen LogP) is -10.5. The SMILES string of the molecule is C[C@@H]1O[C@@H](OCCNC(=O)CCCCCNC(=O)CN(CC(=O)NCCCCCNC(=O)CNCC(=O)NCCCCCC(=O)O)CC(=O)NCCCCC(C(=O)NCCO[C@@H]2O[C@@H](C)[C@@H](O)[C@@H](O)[C@@H]2O)N(CC(=O)NCCO[C@@H]2O[C@@H](C)[C@@H](O)[C@@H](O)[C@@H]2O)CC(=O)NCCO[C@@H]2O[C@@H](C)[C@@H](O)[C@@H](O)[C@@H]2O)[C@@H](O)[C@H](O)[C@@H]1O. The van der Waals surface area contributed by atoms with E-state index in [1.165, 1.54) is 37.5 Å². The van der Waals surface area contributed by atoms with Crippen molar-refractivity contribution in [2.75, 3.05) is 131 Å². The average Bonchev–Trinajstić information content (AvgIpc) is 0.841. The monoisotopic (exact) mass is 1620 g/mol. The number of carbonyl (C=O) groups excluding carboxylic acids is 9. The van der Waals surface area contributed by atoms with Gasteiger partial charge in [-0.15, -0.1) is 0 Å². The van der Waals surface area contributed by atoms with Crippen LogP contribution in [0.5, 0.6) is 0 Å². The van der Waals surface area contributed by atoms with Gasteiger partial charge in [-0.2, -0.15) is 0 Å². The summed E-state index contributed by atoms with van der Waals surface area (Å²) in [4.78, 5) is 133. The number of amides is 9. The molecule has 4 fully saturated rings. The number of rotatable bonds is 55. The molecule has 646 valence electrons. The molecule has 112 heavy (non-hydrogen) atoms. The van der Waals surface area contributed by atoms with Crippen LogP contribution in [-0.4, -0.2) is 395 Å². The van der Waals surface area contributed by atoms with Crippen LogP contribution < -0.4 is 53.2 Å². The van der Waals surface area contributed by atoms with Crippen LogP contribution in [0.25, 0.3) is 0 Å². The number of carbonyl (C=O) groups is 10. The molecule has 4 rings (SSSR count). The average molecular weight is 1620 g/mol. The van der Waals surface area contributed by atoms with Crippen molar-refractivity contribution in [1.82, 2.24) is 63.0 Å². The van der Waals surface area contributed by atoms with Gasteiger partial charge in [0.2, 0.25) is 53.2 Å². The van der Waals surface area contributed by atoms with E-state index in [-0.39, 0.29) is 135 Å². The highest BCUT2D eigenvalue weighted by Crippen LogP contribution is 2.25. The Morgan fingerprint density at radius 1 is 0.312 bits per heavy atom. The minimum absolute atomic E-state index is 0.0330. The minimum atomic E-state index is -1.67. The zero-order valence-corrected chi connectivity index (χ0v) is 64.2. The Kier molecular flexibility index (Phi) is 47.2. The zero-order chi connectivity index (χ0) is 82.8. The minimum Gasteiger partial charge on any atom is -0.481 e. The van der Waals surface area contributed by atoms with Gasteiger partial charge in [0, 0.05) is 71.7 Å². The Bertz CT molecular complexity index is 2760. The fourth-order valence-electron chi connectivity index (χ4n) is 12.0. The van der Waals surface area contributed by atoms with E-state index in [1.807, 2.05) is 0 Å². The van der Waals surface area contributed by atoms with E-state index >= 15 is 0 Å². The van der Waals surface area contributed by atoms with Crippen LogP contribution >= 0.6 is 0 Å². The summed E-state index contributed by atoms with van der Waals surface area (Å²) in [6, 6.07) is -1.32. The number of carboxylic acid groups (broad SMARTS) is 1. The third-order valence-electron chi connectivity index (χ3n) is 18.7. The molecular weight excluding hydrogens is 1490 g/mol. The van der Waals surface area contributed by atoms with E-state index in [4.69, 9.17) is 43.0 Å². The second kappa shape index (κ2) is 53.8. The number of hydrogen-bond acceptors (Lipinski definition) is 33. The lowest BCUT2D eigenvalue weighted by Gasteiger charge is -2.39. The molecule has 21 atom stereocenters. The van der Waals surface area contributed by atoms with E-state index in [1.54, 1.807) is 0 Å². The van der Waals surface area contributed by atoms with Crippen molar-refractivity contribution in [2.24, 2.45) is 0 Å². The number of aliphatic hydroxyl groups is 12. The van der Waals surface area contributed by atoms with Gasteiger partial charge >= 0.3 is 5.97 Å². The molecule has 0 aromatic carbocycles. The molecule has 9 amide bonds. The van der Waals surface area contributed by atoms with Crippen LogP contribution in [0.3, 0.4) is 0 Å². The first-order valence-electron chi connectivity index (χ1n) is 38.3. The highest BCUT2D eigenvalue weighted by atomic mass is 16.7. The zero-order valence-electron chi connectivity index (χ0n) is 64.2. The van der Waals surface area contributed by atoms with Crippen molar-refractivity contribution in [3.05, 3.63) is 0 Å². The van der Waals surface area contributed by atoms with Crippen molar-refractivity contribution in [1.29, 1.82) is 0 Å². The van der Waals surface area contributed by atoms with Crippen molar-refractivity contribution < 1.29 is 152 Å². The summed E-state index contributed by atoms with van der Waals surface area (Å²) in [5.74, 6) is -5.72. The molecule has 23 N–H and O–H groups in total. The molecule has 4 aliphatic rings. The Morgan fingerprint density at radius 3 is 0.929 bits per heavy atom. The van der Waals surface area contributed by atoms with Crippen LogP contribution in [-0.2, 0) is 85.8 Å². The van der Waals surface area contributed by atoms with Crippen LogP contribution in [0, 0.1) is 0 Å². The maximum absolute atomic E-state index is 14.4. The standard InChI is InChI=1S/C69H124N12O31/c1-39-53(92)57(96)61(100)66(109-39)105-28-24-76-44(82)17-8-5-11-21-73-47(85)34-80(35-48(86)74-22-14-7-13-20-72-46(84)33-70-32-45(83)71-19-12-6-9-18-52(90)91)36-49(87)75-23-15-10-16-43(65(104)79-27-31-108-69-64(103)60(99)56(95)42(4)112-69)81(37-50(88)77-25-29-106-67-62(101)58(97)54(93)40(2)110-67)38-51(89)78-26-30-107-68-63(102)59(98)55(94)41(3)111-68/h39-43,53-64,66-70,92-103H,5-38H2,1-4H3,(H,71,83)(H,72,84)(H,73,85)(H,74,86)(H,75,87)(H,76,82)(H,77,88)(H,78,89)(H,79,104)(H,90,91)/t39-,40-,41-,42-,43?,53+,54+,55+,56+,57+,58+,59+,60+,61-,62-,63-,64-,66+,67+,68+,69+/m0/s1. The summed E-state index contributed by atoms with van der Waals surface area (Å²) in [7, 11) is 0. The number of ether oxygens (including phenoxy) is 8. The van der Waals surface area contributed by atoms with Crippen LogP contribution in [0.1, 0.15) is 118 Å². The number of aliphatic hydroxyl groups excluding tert-OH is 12. The fraction of sp³-hybridized carbons (Fsp3) is 0.855. The largest absolute Gasteiger partial charge is 0.481 e. The highest BCUT2D eigenvalue weighted by molar-refractivity contribution is 5.86.